The normalized spacial score (nSPS) is 27.3. The average Bonchev–Trinajstić information content (AvgIpc) is 1.85. The maximum Gasteiger partial charge on any atom is 0.320 e. The third kappa shape index (κ3) is 2.94. The second-order valence-corrected chi connectivity index (χ2v) is 2.78. The minimum absolute atomic E-state index is 0. The molecule has 12 heavy (non-hydrogen) atoms. The summed E-state index contributed by atoms with van der Waals surface area (Å²) < 4.78 is 0. The average molecular weight is 198 g/mol. The molecule has 0 aromatic rings. The Kier molecular flexibility index (Phi) is 3.92. The van der Waals surface area contributed by atoms with E-state index in [1.807, 2.05) is 0 Å². The Balaban J connectivity index is 0.00000121. The fourth-order valence-corrected chi connectivity index (χ4v) is 1.12. The minimum atomic E-state index is -1.81. The number of rotatable bonds is 1. The molecule has 4 N–H and O–H groups in total. The molecule has 0 saturated carbocycles. The number of piperidine rings is 1. The zero-order valence-corrected chi connectivity index (χ0v) is 7.17. The van der Waals surface area contributed by atoms with Gasteiger partial charge in [-0.15, -0.1) is 12.4 Å². The van der Waals surface area contributed by atoms with Crippen LogP contribution in [0.5, 0.6) is 0 Å². The number of aliphatic carboxylic acids is 1. The second-order valence-electron chi connectivity index (χ2n) is 2.78. The third-order valence-corrected chi connectivity index (χ3v) is 1.75. The number of hydrogen-bond donors (Lipinski definition) is 4. The van der Waals surface area contributed by atoms with Crippen LogP contribution in [-0.4, -0.2) is 39.7 Å². The van der Waals surface area contributed by atoms with Crippen molar-refractivity contribution in [3.63, 3.8) is 0 Å². The van der Waals surface area contributed by atoms with Crippen molar-refractivity contribution in [1.82, 2.24) is 5.32 Å². The Morgan fingerprint density at radius 2 is 2.08 bits per heavy atom. The van der Waals surface area contributed by atoms with Gasteiger partial charge in [0.05, 0.1) is 0 Å². The molecule has 1 aliphatic heterocycles. The van der Waals surface area contributed by atoms with Gasteiger partial charge in [0.2, 0.25) is 0 Å². The molecule has 0 bridgehead atoms. The van der Waals surface area contributed by atoms with Gasteiger partial charge in [0.15, 0.2) is 5.79 Å². The number of aliphatic hydroxyl groups is 2. The Morgan fingerprint density at radius 1 is 1.50 bits per heavy atom. The molecular formula is C6H12ClNO4. The van der Waals surface area contributed by atoms with Gasteiger partial charge in [0, 0.05) is 19.4 Å². The number of carboxylic acid groups (broad SMARTS) is 1. The van der Waals surface area contributed by atoms with Crippen molar-refractivity contribution in [2.45, 2.75) is 24.7 Å². The van der Waals surface area contributed by atoms with Crippen molar-refractivity contribution in [3.8, 4) is 0 Å². The van der Waals surface area contributed by atoms with Crippen LogP contribution in [0.25, 0.3) is 0 Å². The summed E-state index contributed by atoms with van der Waals surface area (Å²) in [4.78, 5) is 10.4. The predicted molar refractivity (Wildman–Crippen MR) is 43.1 cm³/mol. The highest BCUT2D eigenvalue weighted by Crippen LogP contribution is 2.17. The van der Waals surface area contributed by atoms with Crippen molar-refractivity contribution in [2.24, 2.45) is 0 Å². The second kappa shape index (κ2) is 4.04. The standard InChI is InChI=1S/C6H11NO4.ClH/c8-5(9)4-3-6(10,11)1-2-7-4;/h4,7,10-11H,1-3H2,(H,8,9);1H/t4-;/m1./s1. The van der Waals surface area contributed by atoms with Gasteiger partial charge in [0.1, 0.15) is 6.04 Å². The van der Waals surface area contributed by atoms with Crippen molar-refractivity contribution in [1.29, 1.82) is 0 Å². The molecular weight excluding hydrogens is 186 g/mol. The van der Waals surface area contributed by atoms with Gasteiger partial charge in [-0.3, -0.25) is 4.79 Å². The van der Waals surface area contributed by atoms with Crippen molar-refractivity contribution in [2.75, 3.05) is 6.54 Å². The first kappa shape index (κ1) is 11.6. The lowest BCUT2D eigenvalue weighted by molar-refractivity contribution is -0.189. The summed E-state index contributed by atoms with van der Waals surface area (Å²) >= 11 is 0. The molecule has 72 valence electrons. The van der Waals surface area contributed by atoms with Gasteiger partial charge in [-0.25, -0.2) is 0 Å². The molecule has 5 nitrogen and oxygen atoms in total. The van der Waals surface area contributed by atoms with Crippen molar-refractivity contribution < 1.29 is 20.1 Å². The van der Waals surface area contributed by atoms with E-state index in [1.165, 1.54) is 0 Å². The Morgan fingerprint density at radius 3 is 2.42 bits per heavy atom. The van der Waals surface area contributed by atoms with Crippen LogP contribution < -0.4 is 5.32 Å². The Bertz CT molecular complexity index is 173. The lowest BCUT2D eigenvalue weighted by Gasteiger charge is -2.31. The lowest BCUT2D eigenvalue weighted by Crippen LogP contribution is -2.51. The molecule has 1 rings (SSSR count). The zero-order chi connectivity index (χ0) is 8.48. The van der Waals surface area contributed by atoms with E-state index in [-0.39, 0.29) is 25.2 Å². The first-order valence-corrected chi connectivity index (χ1v) is 3.42. The fourth-order valence-electron chi connectivity index (χ4n) is 1.12. The molecule has 0 aliphatic carbocycles. The van der Waals surface area contributed by atoms with Crippen LogP contribution >= 0.6 is 12.4 Å². The van der Waals surface area contributed by atoms with Gasteiger partial charge in [-0.2, -0.15) is 0 Å². The summed E-state index contributed by atoms with van der Waals surface area (Å²) in [6.07, 6.45) is 0.0269. The molecule has 0 amide bonds. The van der Waals surface area contributed by atoms with Crippen LogP contribution in [0.1, 0.15) is 12.8 Å². The number of halogens is 1. The number of carboxylic acids is 1. The summed E-state index contributed by atoms with van der Waals surface area (Å²) in [5.41, 5.74) is 0. The molecule has 6 heteroatoms. The van der Waals surface area contributed by atoms with E-state index in [0.29, 0.717) is 6.54 Å². The molecule has 1 aliphatic rings. The Labute approximate surface area is 75.8 Å². The van der Waals surface area contributed by atoms with Gasteiger partial charge in [0.25, 0.3) is 0 Å². The van der Waals surface area contributed by atoms with E-state index in [0.717, 1.165) is 0 Å². The van der Waals surface area contributed by atoms with Crippen LogP contribution in [0.4, 0.5) is 0 Å². The first-order valence-electron chi connectivity index (χ1n) is 3.42. The highest BCUT2D eigenvalue weighted by Gasteiger charge is 2.34. The predicted octanol–water partition coefficient (Wildman–Crippen LogP) is -1.07. The van der Waals surface area contributed by atoms with Gasteiger partial charge < -0.3 is 20.6 Å². The molecule has 1 fully saturated rings. The highest BCUT2D eigenvalue weighted by atomic mass is 35.5. The van der Waals surface area contributed by atoms with Gasteiger partial charge in [-0.1, -0.05) is 0 Å². The molecule has 0 spiro atoms. The van der Waals surface area contributed by atoms with Crippen molar-refractivity contribution >= 4 is 18.4 Å². The summed E-state index contributed by atoms with van der Waals surface area (Å²) in [6.45, 7) is 0.323. The monoisotopic (exact) mass is 197 g/mol. The number of nitrogens with one attached hydrogen (secondary N) is 1. The third-order valence-electron chi connectivity index (χ3n) is 1.75. The smallest absolute Gasteiger partial charge is 0.320 e. The largest absolute Gasteiger partial charge is 0.480 e. The quantitative estimate of drug-likeness (QED) is 0.402. The summed E-state index contributed by atoms with van der Waals surface area (Å²) in [7, 11) is 0. The SMILES string of the molecule is Cl.O=C(O)[C@H]1CC(O)(O)CCN1. The topological polar surface area (TPSA) is 89.8 Å². The van der Waals surface area contributed by atoms with E-state index in [1.54, 1.807) is 0 Å². The zero-order valence-electron chi connectivity index (χ0n) is 6.36. The summed E-state index contributed by atoms with van der Waals surface area (Å²) in [5, 5.41) is 29.2. The molecule has 1 heterocycles. The van der Waals surface area contributed by atoms with E-state index in [9.17, 15) is 4.79 Å². The Hall–Kier alpha value is -0.360. The van der Waals surface area contributed by atoms with Crippen LogP contribution in [0.15, 0.2) is 0 Å². The maximum atomic E-state index is 10.4. The van der Waals surface area contributed by atoms with E-state index in [4.69, 9.17) is 15.3 Å². The molecule has 0 unspecified atom stereocenters. The fraction of sp³-hybridized carbons (Fsp3) is 0.833. The summed E-state index contributed by atoms with van der Waals surface area (Å²) in [6, 6.07) is -0.834. The van der Waals surface area contributed by atoms with Crippen LogP contribution in [0.2, 0.25) is 0 Å². The van der Waals surface area contributed by atoms with E-state index < -0.39 is 17.8 Å². The van der Waals surface area contributed by atoms with E-state index >= 15 is 0 Å². The molecule has 1 saturated heterocycles. The maximum absolute atomic E-state index is 10.4. The molecule has 1 atom stereocenters. The lowest BCUT2D eigenvalue weighted by atomic mass is 9.99. The minimum Gasteiger partial charge on any atom is -0.480 e. The molecule has 0 aromatic carbocycles. The van der Waals surface area contributed by atoms with Crippen LogP contribution in [0.3, 0.4) is 0 Å². The van der Waals surface area contributed by atoms with Gasteiger partial charge >= 0.3 is 5.97 Å². The summed E-state index contributed by atoms with van der Waals surface area (Å²) in [5.74, 6) is -2.86. The van der Waals surface area contributed by atoms with Crippen LogP contribution in [-0.2, 0) is 4.79 Å². The number of carbonyl (C=O) groups is 1. The van der Waals surface area contributed by atoms with E-state index in [2.05, 4.69) is 5.32 Å². The number of hydrogen-bond acceptors (Lipinski definition) is 4. The van der Waals surface area contributed by atoms with Gasteiger partial charge in [-0.05, 0) is 0 Å². The highest BCUT2D eigenvalue weighted by molar-refractivity contribution is 5.85. The van der Waals surface area contributed by atoms with Crippen molar-refractivity contribution in [3.05, 3.63) is 0 Å². The molecule has 0 aromatic heterocycles. The first-order chi connectivity index (χ1) is 5.01. The van der Waals surface area contributed by atoms with Crippen LogP contribution in [0, 0.1) is 0 Å². The molecule has 0 radical (unpaired) electrons.